The summed E-state index contributed by atoms with van der Waals surface area (Å²) in [7, 11) is -4.76. The lowest BCUT2D eigenvalue weighted by molar-refractivity contribution is -0.161. The van der Waals surface area contributed by atoms with Crippen molar-refractivity contribution in [2.45, 2.75) is 251 Å². The Morgan fingerprint density at radius 3 is 1.14 bits per heavy atom. The monoisotopic (exact) mass is 1060 g/mol. The minimum Gasteiger partial charge on any atom is -0.462 e. The van der Waals surface area contributed by atoms with Crippen LogP contribution in [0.5, 0.6) is 0 Å². The van der Waals surface area contributed by atoms with Gasteiger partial charge in [-0.05, 0) is 116 Å². The first-order valence-electron chi connectivity index (χ1n) is 29.1. The van der Waals surface area contributed by atoms with Crippen molar-refractivity contribution >= 4 is 25.7 Å². The fourth-order valence-corrected chi connectivity index (χ4v) is 8.32. The summed E-state index contributed by atoms with van der Waals surface area (Å²) in [6, 6.07) is 0. The number of unbranched alkanes of at least 4 members (excludes halogenated alkanes) is 20. The first-order chi connectivity index (χ1) is 36.2. The number of carbonyl (C=O) groups excluding carboxylic acids is 3. The summed E-state index contributed by atoms with van der Waals surface area (Å²) in [5, 5.41) is 9.81. The third-order valence-electron chi connectivity index (χ3n) is 11.9. The number of phosphoric acid groups is 1. The number of aliphatic hydroxyl groups excluding tert-OH is 1. The lowest BCUT2D eigenvalue weighted by Crippen LogP contribution is -2.30. The average Bonchev–Trinajstić information content (AvgIpc) is 3.39. The van der Waals surface area contributed by atoms with Gasteiger partial charge in [0, 0.05) is 19.3 Å². The Bertz CT molecular complexity index is 1610. The highest BCUT2D eigenvalue weighted by atomic mass is 31.2. The predicted molar refractivity (Wildman–Crippen MR) is 307 cm³/mol. The summed E-state index contributed by atoms with van der Waals surface area (Å²) >= 11 is 0. The number of carbonyl (C=O) groups is 3. The third kappa shape index (κ3) is 53.2. The van der Waals surface area contributed by atoms with Crippen molar-refractivity contribution in [3.8, 4) is 0 Å². The van der Waals surface area contributed by atoms with Crippen molar-refractivity contribution in [2.24, 2.45) is 0 Å². The third-order valence-corrected chi connectivity index (χ3v) is 12.9. The first kappa shape index (κ1) is 70.4. The van der Waals surface area contributed by atoms with Crippen LogP contribution in [-0.2, 0) is 42.2 Å². The summed E-state index contributed by atoms with van der Waals surface area (Å²) in [6.07, 6.45) is 65.0. The zero-order valence-corrected chi connectivity index (χ0v) is 47.7. The second-order valence-electron chi connectivity index (χ2n) is 19.1. The Balaban J connectivity index is 4.79. The van der Waals surface area contributed by atoms with Crippen LogP contribution in [0.25, 0.3) is 0 Å². The second-order valence-corrected chi connectivity index (χ2v) is 20.5. The molecule has 0 bridgehead atoms. The molecule has 3 unspecified atom stereocenters. The molecule has 3 atom stereocenters. The van der Waals surface area contributed by atoms with E-state index in [1.54, 1.807) is 0 Å². The van der Waals surface area contributed by atoms with Gasteiger partial charge in [0.15, 0.2) is 6.10 Å². The maximum absolute atomic E-state index is 12.9. The van der Waals surface area contributed by atoms with Gasteiger partial charge < -0.3 is 24.2 Å². The molecule has 0 aliphatic rings. The summed E-state index contributed by atoms with van der Waals surface area (Å²) in [6.45, 7) is 4.39. The van der Waals surface area contributed by atoms with E-state index in [1.807, 2.05) is 0 Å². The fourth-order valence-electron chi connectivity index (χ4n) is 7.53. The normalized spacial score (nSPS) is 14.1. The quantitative estimate of drug-likeness (QED) is 0.0197. The molecule has 0 aliphatic heterocycles. The molecule has 2 N–H and O–H groups in total. The molecule has 0 aromatic rings. The maximum atomic E-state index is 12.9. The van der Waals surface area contributed by atoms with Crippen LogP contribution in [0.15, 0.2) is 97.2 Å². The molecule has 0 fully saturated rings. The number of hydrogen-bond donors (Lipinski definition) is 2. The number of esters is 3. The van der Waals surface area contributed by atoms with E-state index in [0.29, 0.717) is 19.3 Å². The molecule has 0 amide bonds. The molecule has 0 saturated carbocycles. The molecule has 0 spiro atoms. The summed E-state index contributed by atoms with van der Waals surface area (Å²) < 4.78 is 39.5. The molecule has 11 nitrogen and oxygen atoms in total. The molecule has 0 aromatic heterocycles. The van der Waals surface area contributed by atoms with Crippen LogP contribution in [0.4, 0.5) is 0 Å². The number of rotatable bonds is 53. The van der Waals surface area contributed by atoms with Crippen LogP contribution in [0, 0.1) is 0 Å². The maximum Gasteiger partial charge on any atom is 0.472 e. The number of phosphoric ester groups is 1. The molecule has 12 heteroatoms. The summed E-state index contributed by atoms with van der Waals surface area (Å²) in [5.74, 6) is -1.52. The van der Waals surface area contributed by atoms with Gasteiger partial charge in [-0.3, -0.25) is 23.4 Å². The standard InChI is InChI=1S/C62H105O11P/c1-4-7-10-13-16-19-22-25-27-28-29-30-32-35-38-41-44-47-50-53-62(66)73-59(55-69-60(64)51-48-45-42-39-36-34-31-26-23-20-17-14-11-8-5-2)57-71-74(67,68)70-56-58(54-63)72-61(65)52-49-46-43-40-37-33-24-21-18-15-12-9-6-3/h8,11-12,15-17,19-21,24-27,29-31,58-59,63H,4-7,9-10,13-14,18,22-23,28,32-57H2,1-3H3,(H,67,68)/b11-8-,15-12-,19-16-,20-17-,24-21-,27-25-,30-29-,31-26-. The SMILES string of the molecule is CC/C=C\C/C=C\C/C=C\CCCCCCCC(=O)OCC(COP(=O)(O)OCC(CO)OC(=O)CCCCCCC/C=C\C/C=C\CCC)OC(=O)CCCCCCCC/C=C\C/C=C\C/C=C\CCCCC. The zero-order valence-electron chi connectivity index (χ0n) is 46.8. The van der Waals surface area contributed by atoms with Gasteiger partial charge in [-0.1, -0.05) is 201 Å². The Labute approximate surface area is 451 Å². The van der Waals surface area contributed by atoms with Gasteiger partial charge in [0.05, 0.1) is 19.8 Å². The van der Waals surface area contributed by atoms with Gasteiger partial charge in [-0.15, -0.1) is 0 Å². The fraction of sp³-hybridized carbons (Fsp3) is 0.694. The highest BCUT2D eigenvalue weighted by Gasteiger charge is 2.28. The molecular weight excluding hydrogens is 952 g/mol. The molecule has 74 heavy (non-hydrogen) atoms. The topological polar surface area (TPSA) is 155 Å². The molecule has 0 rings (SSSR count). The Kier molecular flexibility index (Phi) is 52.9. The molecule has 0 aliphatic carbocycles. The van der Waals surface area contributed by atoms with E-state index >= 15 is 0 Å². The minimum atomic E-state index is -4.76. The highest BCUT2D eigenvalue weighted by molar-refractivity contribution is 7.47. The van der Waals surface area contributed by atoms with Crippen LogP contribution >= 0.6 is 7.82 Å². The Morgan fingerprint density at radius 2 is 0.730 bits per heavy atom. The molecule has 0 saturated heterocycles. The first-order valence-corrected chi connectivity index (χ1v) is 30.6. The van der Waals surface area contributed by atoms with E-state index in [4.69, 9.17) is 23.3 Å². The molecule has 0 aromatic carbocycles. The zero-order chi connectivity index (χ0) is 54.1. The second kappa shape index (κ2) is 55.6. The van der Waals surface area contributed by atoms with Gasteiger partial charge in [0.25, 0.3) is 0 Å². The average molecular weight is 1060 g/mol. The van der Waals surface area contributed by atoms with Gasteiger partial charge in [-0.2, -0.15) is 0 Å². The lowest BCUT2D eigenvalue weighted by atomic mass is 10.1. The Hall–Kier alpha value is -3.60. The van der Waals surface area contributed by atoms with Crippen molar-refractivity contribution in [2.75, 3.05) is 26.4 Å². The number of allylic oxidation sites excluding steroid dienone is 16. The van der Waals surface area contributed by atoms with Gasteiger partial charge in [-0.25, -0.2) is 4.57 Å². The van der Waals surface area contributed by atoms with E-state index in [-0.39, 0.29) is 25.9 Å². The predicted octanol–water partition coefficient (Wildman–Crippen LogP) is 17.3. The van der Waals surface area contributed by atoms with Crippen molar-refractivity contribution in [3.05, 3.63) is 97.2 Å². The molecule has 0 radical (unpaired) electrons. The van der Waals surface area contributed by atoms with Crippen LogP contribution in [0.3, 0.4) is 0 Å². The largest absolute Gasteiger partial charge is 0.472 e. The number of hydrogen-bond acceptors (Lipinski definition) is 10. The van der Waals surface area contributed by atoms with Gasteiger partial charge in [0.1, 0.15) is 12.7 Å². The highest BCUT2D eigenvalue weighted by Crippen LogP contribution is 2.43. The minimum absolute atomic E-state index is 0.144. The van der Waals surface area contributed by atoms with Crippen molar-refractivity contribution in [1.29, 1.82) is 0 Å². The van der Waals surface area contributed by atoms with Gasteiger partial charge in [0.2, 0.25) is 0 Å². The van der Waals surface area contributed by atoms with E-state index in [0.717, 1.165) is 154 Å². The number of aliphatic hydroxyl groups is 1. The van der Waals surface area contributed by atoms with Crippen LogP contribution < -0.4 is 0 Å². The van der Waals surface area contributed by atoms with Crippen LogP contribution in [0.1, 0.15) is 239 Å². The van der Waals surface area contributed by atoms with Crippen molar-refractivity contribution < 1.29 is 52.2 Å². The van der Waals surface area contributed by atoms with Gasteiger partial charge >= 0.3 is 25.7 Å². The molecule has 0 heterocycles. The van der Waals surface area contributed by atoms with Crippen LogP contribution in [-0.4, -0.2) is 66.5 Å². The smallest absolute Gasteiger partial charge is 0.462 e. The molecule has 424 valence electrons. The van der Waals surface area contributed by atoms with E-state index in [1.165, 1.54) is 25.7 Å². The summed E-state index contributed by atoms with van der Waals surface area (Å²) in [5.41, 5.74) is 0. The number of ether oxygens (including phenoxy) is 3. The van der Waals surface area contributed by atoms with Crippen molar-refractivity contribution in [3.63, 3.8) is 0 Å². The summed E-state index contributed by atoms with van der Waals surface area (Å²) in [4.78, 5) is 48.6. The lowest BCUT2D eigenvalue weighted by Gasteiger charge is -2.21. The van der Waals surface area contributed by atoms with Crippen LogP contribution in [0.2, 0.25) is 0 Å². The van der Waals surface area contributed by atoms with E-state index < -0.39 is 57.8 Å². The van der Waals surface area contributed by atoms with E-state index in [2.05, 4.69) is 118 Å². The Morgan fingerprint density at radius 1 is 0.392 bits per heavy atom. The van der Waals surface area contributed by atoms with E-state index in [9.17, 15) is 28.9 Å². The van der Waals surface area contributed by atoms with Crippen molar-refractivity contribution in [1.82, 2.24) is 0 Å². The molecular formula is C62H105O11P.